The monoisotopic (exact) mass is 209 g/mol. The van der Waals surface area contributed by atoms with Crippen LogP contribution in [0.5, 0.6) is 0 Å². The second-order valence-electron chi connectivity index (χ2n) is 4.79. The number of aryl methyl sites for hydroxylation is 1. The average molecular weight is 209 g/mol. The third-order valence-corrected chi connectivity index (χ3v) is 3.96. The normalized spacial score (nSPS) is 19.1. The SMILES string of the molecule is CC(=O)c1nc2c(s1)CC(C)(C)CC2. The first-order valence-electron chi connectivity index (χ1n) is 4.97. The van der Waals surface area contributed by atoms with Gasteiger partial charge < -0.3 is 0 Å². The predicted molar refractivity (Wildman–Crippen MR) is 57.9 cm³/mol. The highest BCUT2D eigenvalue weighted by Gasteiger charge is 2.28. The highest BCUT2D eigenvalue weighted by Crippen LogP contribution is 2.37. The first kappa shape index (κ1) is 9.84. The van der Waals surface area contributed by atoms with Gasteiger partial charge in [0, 0.05) is 11.8 Å². The molecule has 0 amide bonds. The van der Waals surface area contributed by atoms with Gasteiger partial charge in [-0.1, -0.05) is 13.8 Å². The Kier molecular flexibility index (Phi) is 2.22. The summed E-state index contributed by atoms with van der Waals surface area (Å²) in [5.74, 6) is 0.0993. The van der Waals surface area contributed by atoms with Crippen LogP contribution < -0.4 is 0 Å². The van der Waals surface area contributed by atoms with Crippen LogP contribution in [0.1, 0.15) is 47.6 Å². The van der Waals surface area contributed by atoms with Gasteiger partial charge in [-0.05, 0) is 24.7 Å². The van der Waals surface area contributed by atoms with Gasteiger partial charge in [0.15, 0.2) is 10.8 Å². The maximum absolute atomic E-state index is 11.2. The Balaban J connectivity index is 2.34. The summed E-state index contributed by atoms with van der Waals surface area (Å²) in [7, 11) is 0. The minimum Gasteiger partial charge on any atom is -0.292 e. The molecular weight excluding hydrogens is 194 g/mol. The van der Waals surface area contributed by atoms with Gasteiger partial charge in [0.25, 0.3) is 0 Å². The molecule has 0 saturated heterocycles. The van der Waals surface area contributed by atoms with Crippen molar-refractivity contribution in [2.45, 2.75) is 40.0 Å². The number of nitrogens with zero attached hydrogens (tertiary/aromatic N) is 1. The predicted octanol–water partition coefficient (Wildman–Crippen LogP) is 2.86. The van der Waals surface area contributed by atoms with Crippen LogP contribution >= 0.6 is 11.3 Å². The van der Waals surface area contributed by atoms with E-state index in [0.29, 0.717) is 10.4 Å². The fourth-order valence-electron chi connectivity index (χ4n) is 1.85. The van der Waals surface area contributed by atoms with Crippen molar-refractivity contribution >= 4 is 17.1 Å². The summed E-state index contributed by atoms with van der Waals surface area (Å²) in [6.07, 6.45) is 3.29. The van der Waals surface area contributed by atoms with Crippen LogP contribution in [-0.4, -0.2) is 10.8 Å². The molecule has 3 heteroatoms. The van der Waals surface area contributed by atoms with Crippen LogP contribution in [0.4, 0.5) is 0 Å². The number of aromatic nitrogens is 1. The molecule has 0 unspecified atom stereocenters. The zero-order valence-corrected chi connectivity index (χ0v) is 9.70. The Labute approximate surface area is 88.4 Å². The molecule has 1 aromatic rings. The lowest BCUT2D eigenvalue weighted by atomic mass is 9.79. The number of ketones is 1. The number of hydrogen-bond donors (Lipinski definition) is 0. The highest BCUT2D eigenvalue weighted by atomic mass is 32.1. The zero-order valence-electron chi connectivity index (χ0n) is 8.89. The molecule has 2 nitrogen and oxygen atoms in total. The van der Waals surface area contributed by atoms with Gasteiger partial charge in [-0.2, -0.15) is 0 Å². The number of rotatable bonds is 1. The zero-order chi connectivity index (χ0) is 10.3. The van der Waals surface area contributed by atoms with Crippen molar-refractivity contribution in [3.05, 3.63) is 15.6 Å². The second kappa shape index (κ2) is 3.16. The molecule has 0 saturated carbocycles. The lowest BCUT2D eigenvalue weighted by molar-refractivity contribution is 0.101. The van der Waals surface area contributed by atoms with Gasteiger partial charge in [0.2, 0.25) is 0 Å². The Morgan fingerprint density at radius 1 is 1.50 bits per heavy atom. The van der Waals surface area contributed by atoms with Crippen LogP contribution in [0.15, 0.2) is 0 Å². The molecular formula is C11H15NOS. The fourth-order valence-corrected chi connectivity index (χ4v) is 3.11. The molecule has 0 aliphatic heterocycles. The summed E-state index contributed by atoms with van der Waals surface area (Å²) < 4.78 is 0. The van der Waals surface area contributed by atoms with Crippen LogP contribution in [0.25, 0.3) is 0 Å². The smallest absolute Gasteiger partial charge is 0.188 e. The minimum absolute atomic E-state index is 0.0993. The lowest BCUT2D eigenvalue weighted by Gasteiger charge is -2.28. The summed E-state index contributed by atoms with van der Waals surface area (Å²) in [6, 6.07) is 0. The third kappa shape index (κ3) is 1.73. The Morgan fingerprint density at radius 2 is 2.21 bits per heavy atom. The molecule has 0 bridgehead atoms. The third-order valence-electron chi connectivity index (χ3n) is 2.76. The van der Waals surface area contributed by atoms with E-state index in [4.69, 9.17) is 0 Å². The van der Waals surface area contributed by atoms with Crippen molar-refractivity contribution in [2.75, 3.05) is 0 Å². The second-order valence-corrected chi connectivity index (χ2v) is 5.87. The van der Waals surface area contributed by atoms with Gasteiger partial charge in [-0.15, -0.1) is 11.3 Å². The molecule has 0 fully saturated rings. The summed E-state index contributed by atoms with van der Waals surface area (Å²) in [6.45, 7) is 6.15. The minimum atomic E-state index is 0.0993. The number of carbonyl (C=O) groups excluding carboxylic acids is 1. The molecule has 0 radical (unpaired) electrons. The average Bonchev–Trinajstić information content (AvgIpc) is 2.45. The molecule has 0 atom stereocenters. The first-order chi connectivity index (χ1) is 6.48. The first-order valence-corrected chi connectivity index (χ1v) is 5.79. The van der Waals surface area contributed by atoms with Gasteiger partial charge >= 0.3 is 0 Å². The maximum atomic E-state index is 11.2. The Bertz CT molecular complexity index is 379. The number of fused-ring (bicyclic) bond motifs is 1. The van der Waals surface area contributed by atoms with E-state index in [1.807, 2.05) is 0 Å². The molecule has 2 rings (SSSR count). The van der Waals surface area contributed by atoms with E-state index < -0.39 is 0 Å². The van der Waals surface area contributed by atoms with E-state index in [2.05, 4.69) is 18.8 Å². The van der Waals surface area contributed by atoms with Gasteiger partial charge in [-0.25, -0.2) is 4.98 Å². The van der Waals surface area contributed by atoms with Crippen LogP contribution in [0, 0.1) is 5.41 Å². The van der Waals surface area contributed by atoms with Crippen molar-refractivity contribution < 1.29 is 4.79 Å². The van der Waals surface area contributed by atoms with E-state index in [1.165, 1.54) is 17.0 Å². The van der Waals surface area contributed by atoms with Crippen molar-refractivity contribution in [1.29, 1.82) is 0 Å². The molecule has 1 aromatic heterocycles. The molecule has 1 heterocycles. The lowest BCUT2D eigenvalue weighted by Crippen LogP contribution is -2.20. The molecule has 1 aliphatic carbocycles. The van der Waals surface area contributed by atoms with E-state index in [1.54, 1.807) is 18.3 Å². The fraction of sp³-hybridized carbons (Fsp3) is 0.636. The standard InChI is InChI=1S/C11H15NOS/c1-7(13)10-12-8-4-5-11(2,3)6-9(8)14-10/h4-6H2,1-3H3. The van der Waals surface area contributed by atoms with E-state index in [9.17, 15) is 4.79 Å². The largest absolute Gasteiger partial charge is 0.292 e. The van der Waals surface area contributed by atoms with Crippen molar-refractivity contribution in [2.24, 2.45) is 5.41 Å². The molecule has 0 aromatic carbocycles. The molecule has 0 spiro atoms. The number of hydrogen-bond acceptors (Lipinski definition) is 3. The summed E-state index contributed by atoms with van der Waals surface area (Å²) in [5, 5.41) is 0.688. The Hall–Kier alpha value is -0.700. The molecule has 76 valence electrons. The summed E-state index contributed by atoms with van der Waals surface area (Å²) in [5.41, 5.74) is 1.55. The van der Waals surface area contributed by atoms with Crippen molar-refractivity contribution in [3.63, 3.8) is 0 Å². The number of carbonyl (C=O) groups is 1. The molecule has 1 aliphatic rings. The van der Waals surface area contributed by atoms with E-state index in [0.717, 1.165) is 12.8 Å². The topological polar surface area (TPSA) is 30.0 Å². The van der Waals surface area contributed by atoms with Gasteiger partial charge in [0.05, 0.1) is 5.69 Å². The van der Waals surface area contributed by atoms with Crippen molar-refractivity contribution in [1.82, 2.24) is 4.98 Å². The van der Waals surface area contributed by atoms with Crippen LogP contribution in [-0.2, 0) is 12.8 Å². The summed E-state index contributed by atoms with van der Waals surface area (Å²) >= 11 is 1.59. The van der Waals surface area contributed by atoms with E-state index >= 15 is 0 Å². The van der Waals surface area contributed by atoms with Gasteiger partial charge in [-0.3, -0.25) is 4.79 Å². The quantitative estimate of drug-likeness (QED) is 0.666. The van der Waals surface area contributed by atoms with Gasteiger partial charge in [0.1, 0.15) is 0 Å². The molecule has 0 N–H and O–H groups in total. The van der Waals surface area contributed by atoms with Crippen molar-refractivity contribution in [3.8, 4) is 0 Å². The van der Waals surface area contributed by atoms with Crippen LogP contribution in [0.2, 0.25) is 0 Å². The highest BCUT2D eigenvalue weighted by molar-refractivity contribution is 7.13. The Morgan fingerprint density at radius 3 is 2.86 bits per heavy atom. The molecule has 14 heavy (non-hydrogen) atoms. The maximum Gasteiger partial charge on any atom is 0.188 e. The number of Topliss-reactive ketones (excluding diaryl/α,β-unsaturated/α-hetero) is 1. The van der Waals surface area contributed by atoms with Crippen LogP contribution in [0.3, 0.4) is 0 Å². The van der Waals surface area contributed by atoms with E-state index in [-0.39, 0.29) is 5.78 Å². The number of thiazole rings is 1. The summed E-state index contributed by atoms with van der Waals surface area (Å²) in [4.78, 5) is 16.9.